The molecule has 0 aromatic heterocycles. The molecule has 0 saturated heterocycles. The molecule has 0 fully saturated rings. The van der Waals surface area contributed by atoms with Crippen LogP contribution < -0.4 is 9.47 Å². The molecular weight excluding hydrogens is 487 g/mol. The summed E-state index contributed by atoms with van der Waals surface area (Å²) in [6.07, 6.45) is 0. The van der Waals surface area contributed by atoms with Crippen molar-refractivity contribution >= 4 is 59.4 Å². The van der Waals surface area contributed by atoms with Crippen molar-refractivity contribution in [3.8, 4) is 11.5 Å². The Bertz CT molecular complexity index is 624. The summed E-state index contributed by atoms with van der Waals surface area (Å²) in [5.41, 5.74) is 1.98. The minimum atomic E-state index is 0.403. The first-order chi connectivity index (χ1) is 10.0. The summed E-state index contributed by atoms with van der Waals surface area (Å²) in [5, 5.41) is 0. The molecule has 0 atom stereocenters. The summed E-state index contributed by atoms with van der Waals surface area (Å²) < 4.78 is 14.0. The number of rotatable bonds is 5. The Balaban J connectivity index is 2.22. The van der Waals surface area contributed by atoms with Crippen LogP contribution in [0.25, 0.3) is 0 Å². The fourth-order valence-electron chi connectivity index (χ4n) is 1.84. The molecule has 21 heavy (non-hydrogen) atoms. The molecule has 2 nitrogen and oxygen atoms in total. The number of hydrogen-bond acceptors (Lipinski definition) is 2. The van der Waals surface area contributed by atoms with Crippen molar-refractivity contribution in [3.63, 3.8) is 0 Å². The quantitative estimate of drug-likeness (QED) is 0.450. The highest BCUT2D eigenvalue weighted by Gasteiger charge is 2.11. The molecule has 0 amide bonds. The van der Waals surface area contributed by atoms with E-state index in [9.17, 15) is 0 Å². The van der Waals surface area contributed by atoms with Gasteiger partial charge in [-0.25, -0.2) is 0 Å². The van der Waals surface area contributed by atoms with Crippen molar-refractivity contribution in [1.29, 1.82) is 0 Å². The second kappa shape index (κ2) is 7.86. The molecule has 112 valence electrons. The number of ether oxygens (including phenoxy) is 2. The summed E-state index contributed by atoms with van der Waals surface area (Å²) >= 11 is 16.3. The van der Waals surface area contributed by atoms with Gasteiger partial charge in [0, 0.05) is 15.9 Å². The highest BCUT2D eigenvalue weighted by molar-refractivity contribution is 9.11. The van der Waals surface area contributed by atoms with Crippen molar-refractivity contribution in [1.82, 2.24) is 0 Å². The standard InChI is InChI=1S/C15H12Br3ClO2/c1-20-14-3-2-11(16)6-10(14)8-21-15-12(17)4-9(7-19)5-13(15)18/h2-6H,7-8H2,1H3. The molecular formula is C15H12Br3ClO2. The molecule has 0 aliphatic heterocycles. The SMILES string of the molecule is COc1ccc(Br)cc1COc1c(Br)cc(CCl)cc1Br. The van der Waals surface area contributed by atoms with E-state index in [-0.39, 0.29) is 0 Å². The molecule has 2 rings (SSSR count). The third kappa shape index (κ3) is 4.38. The van der Waals surface area contributed by atoms with Crippen LogP contribution in [0.15, 0.2) is 43.7 Å². The molecule has 0 heterocycles. The van der Waals surface area contributed by atoms with E-state index in [4.69, 9.17) is 21.1 Å². The van der Waals surface area contributed by atoms with Gasteiger partial charge in [0.25, 0.3) is 0 Å². The van der Waals surface area contributed by atoms with Crippen molar-refractivity contribution in [2.45, 2.75) is 12.5 Å². The summed E-state index contributed by atoms with van der Waals surface area (Å²) in [6, 6.07) is 9.72. The van der Waals surface area contributed by atoms with Crippen molar-refractivity contribution in [3.05, 3.63) is 54.9 Å². The second-order valence-corrected chi connectivity index (χ2v) is 7.16. The van der Waals surface area contributed by atoms with Crippen LogP contribution in [0.1, 0.15) is 11.1 Å². The van der Waals surface area contributed by atoms with Crippen LogP contribution in [-0.2, 0) is 12.5 Å². The van der Waals surface area contributed by atoms with Gasteiger partial charge in [-0.3, -0.25) is 0 Å². The lowest BCUT2D eigenvalue weighted by atomic mass is 10.2. The number of benzene rings is 2. The number of hydrogen-bond donors (Lipinski definition) is 0. The zero-order chi connectivity index (χ0) is 15.4. The molecule has 0 N–H and O–H groups in total. The largest absolute Gasteiger partial charge is 0.496 e. The van der Waals surface area contributed by atoms with Crippen LogP contribution in [-0.4, -0.2) is 7.11 Å². The van der Waals surface area contributed by atoms with E-state index in [0.717, 1.165) is 36.0 Å². The van der Waals surface area contributed by atoms with Crippen LogP contribution in [0.4, 0.5) is 0 Å². The van der Waals surface area contributed by atoms with Gasteiger partial charge in [-0.1, -0.05) is 15.9 Å². The van der Waals surface area contributed by atoms with E-state index in [1.807, 2.05) is 30.3 Å². The lowest BCUT2D eigenvalue weighted by Gasteiger charge is -2.14. The van der Waals surface area contributed by atoms with Gasteiger partial charge in [0.05, 0.1) is 16.1 Å². The zero-order valence-electron chi connectivity index (χ0n) is 11.1. The van der Waals surface area contributed by atoms with Crippen LogP contribution in [0.2, 0.25) is 0 Å². The van der Waals surface area contributed by atoms with Crippen molar-refractivity contribution < 1.29 is 9.47 Å². The summed E-state index contributed by atoms with van der Waals surface area (Å²) in [4.78, 5) is 0. The molecule has 2 aromatic carbocycles. The lowest BCUT2D eigenvalue weighted by molar-refractivity contribution is 0.293. The number of methoxy groups -OCH3 is 1. The Morgan fingerprint density at radius 1 is 1.05 bits per heavy atom. The normalized spacial score (nSPS) is 10.5. The van der Waals surface area contributed by atoms with Gasteiger partial charge in [-0.05, 0) is 67.8 Å². The molecule has 0 saturated carbocycles. The fourth-order valence-corrected chi connectivity index (χ4v) is 3.91. The monoisotopic (exact) mass is 496 g/mol. The molecule has 2 aromatic rings. The van der Waals surface area contributed by atoms with Crippen LogP contribution >= 0.6 is 59.4 Å². The average Bonchev–Trinajstić information content (AvgIpc) is 2.46. The Kier molecular flexibility index (Phi) is 6.41. The average molecular weight is 499 g/mol. The van der Waals surface area contributed by atoms with E-state index in [1.165, 1.54) is 0 Å². The molecule has 0 unspecified atom stereocenters. The molecule has 0 spiro atoms. The van der Waals surface area contributed by atoms with E-state index in [2.05, 4.69) is 47.8 Å². The summed E-state index contributed by atoms with van der Waals surface area (Å²) in [7, 11) is 1.65. The predicted molar refractivity (Wildman–Crippen MR) is 96.4 cm³/mol. The molecule has 6 heteroatoms. The summed E-state index contributed by atoms with van der Waals surface area (Å²) in [6.45, 7) is 0.403. The van der Waals surface area contributed by atoms with E-state index >= 15 is 0 Å². The summed E-state index contributed by atoms with van der Waals surface area (Å²) in [5.74, 6) is 1.99. The topological polar surface area (TPSA) is 18.5 Å². The first kappa shape index (κ1) is 17.1. The highest BCUT2D eigenvalue weighted by atomic mass is 79.9. The van der Waals surface area contributed by atoms with Crippen LogP contribution in [0.5, 0.6) is 11.5 Å². The third-order valence-corrected chi connectivity index (χ3v) is 4.81. The van der Waals surface area contributed by atoms with Gasteiger partial charge in [0.15, 0.2) is 0 Å². The highest BCUT2D eigenvalue weighted by Crippen LogP contribution is 2.36. The zero-order valence-corrected chi connectivity index (χ0v) is 16.6. The van der Waals surface area contributed by atoms with Crippen LogP contribution in [0.3, 0.4) is 0 Å². The minimum Gasteiger partial charge on any atom is -0.496 e. The smallest absolute Gasteiger partial charge is 0.148 e. The first-order valence-corrected chi connectivity index (χ1v) is 8.95. The number of alkyl halides is 1. The first-order valence-electron chi connectivity index (χ1n) is 6.04. The van der Waals surface area contributed by atoms with Gasteiger partial charge in [-0.2, -0.15) is 0 Å². The van der Waals surface area contributed by atoms with Gasteiger partial charge in [0.2, 0.25) is 0 Å². The fraction of sp³-hybridized carbons (Fsp3) is 0.200. The van der Waals surface area contributed by atoms with Crippen molar-refractivity contribution in [2.24, 2.45) is 0 Å². The van der Waals surface area contributed by atoms with Crippen molar-refractivity contribution in [2.75, 3.05) is 7.11 Å². The molecule has 0 bridgehead atoms. The van der Waals surface area contributed by atoms with E-state index in [1.54, 1.807) is 7.11 Å². The Morgan fingerprint density at radius 2 is 1.71 bits per heavy atom. The number of halogens is 4. The van der Waals surface area contributed by atoms with Gasteiger partial charge in [-0.15, -0.1) is 11.6 Å². The Morgan fingerprint density at radius 3 is 2.29 bits per heavy atom. The maximum absolute atomic E-state index is 5.91. The van der Waals surface area contributed by atoms with E-state index in [0.29, 0.717) is 12.5 Å². The van der Waals surface area contributed by atoms with Gasteiger partial charge < -0.3 is 9.47 Å². The maximum atomic E-state index is 5.91. The minimum absolute atomic E-state index is 0.403. The second-order valence-electron chi connectivity index (χ2n) is 4.27. The predicted octanol–water partition coefficient (Wildman–Crippen LogP) is 6.30. The Labute approximate surface area is 154 Å². The van der Waals surface area contributed by atoms with Crippen LogP contribution in [0, 0.1) is 0 Å². The maximum Gasteiger partial charge on any atom is 0.148 e. The lowest BCUT2D eigenvalue weighted by Crippen LogP contribution is -2.00. The molecule has 0 aliphatic rings. The van der Waals surface area contributed by atoms with E-state index < -0.39 is 0 Å². The van der Waals surface area contributed by atoms with Gasteiger partial charge in [0.1, 0.15) is 18.1 Å². The molecule has 0 radical (unpaired) electrons. The molecule has 0 aliphatic carbocycles. The van der Waals surface area contributed by atoms with Gasteiger partial charge >= 0.3 is 0 Å². The third-order valence-electron chi connectivity index (χ3n) is 2.83. The Hall–Kier alpha value is -0.230.